The Morgan fingerprint density at radius 2 is 1.78 bits per heavy atom. The van der Waals surface area contributed by atoms with E-state index in [-0.39, 0.29) is 11.6 Å². The number of halogens is 3. The summed E-state index contributed by atoms with van der Waals surface area (Å²) in [5.41, 5.74) is 0.859. The minimum Gasteiger partial charge on any atom is -0.338 e. The highest BCUT2D eigenvalue weighted by molar-refractivity contribution is 9.10. The molecule has 0 spiro atoms. The van der Waals surface area contributed by atoms with Crippen LogP contribution in [0.5, 0.6) is 0 Å². The molecule has 0 saturated carbocycles. The van der Waals surface area contributed by atoms with Crippen LogP contribution in [0.3, 0.4) is 0 Å². The van der Waals surface area contributed by atoms with E-state index in [1.807, 2.05) is 24.3 Å². The third kappa shape index (κ3) is 3.78. The maximum Gasteiger partial charge on any atom is 0.249 e. The zero-order chi connectivity index (χ0) is 16.2. The first-order valence-corrected chi connectivity index (χ1v) is 7.34. The van der Waals surface area contributed by atoms with Crippen LogP contribution in [0.25, 0.3) is 0 Å². The fourth-order valence-corrected chi connectivity index (χ4v) is 2.21. The molecule has 0 atom stereocenters. The van der Waals surface area contributed by atoms with Crippen molar-refractivity contribution in [1.29, 1.82) is 0 Å². The van der Waals surface area contributed by atoms with Crippen molar-refractivity contribution in [3.05, 3.63) is 64.8 Å². The molecule has 1 aromatic heterocycles. The summed E-state index contributed by atoms with van der Waals surface area (Å²) in [6.45, 7) is 0. The topological polar surface area (TPSA) is 62.7 Å². The largest absolute Gasteiger partial charge is 0.338 e. The molecule has 23 heavy (non-hydrogen) atoms. The van der Waals surface area contributed by atoms with E-state index in [1.165, 1.54) is 12.3 Å². The minimum atomic E-state index is -0.738. The summed E-state index contributed by atoms with van der Waals surface area (Å²) in [5, 5.41) is 13.3. The fourth-order valence-electron chi connectivity index (χ4n) is 1.83. The van der Waals surface area contributed by atoms with Gasteiger partial charge in [-0.25, -0.2) is 8.78 Å². The standard InChI is InChI=1S/C15H10BrF2N5/c16-10-3-1-2-4-12(10)20-14-8-19-23-15(22-14)21-13-6-5-9(17)7-11(13)18/h1-8H,(H2,20,21,22,23). The average molecular weight is 378 g/mol. The number of para-hydroxylation sites is 1. The van der Waals surface area contributed by atoms with Gasteiger partial charge in [0.2, 0.25) is 5.95 Å². The zero-order valence-electron chi connectivity index (χ0n) is 11.6. The molecule has 0 aliphatic heterocycles. The number of aromatic nitrogens is 3. The Bertz CT molecular complexity index is 844. The van der Waals surface area contributed by atoms with Crippen LogP contribution < -0.4 is 10.6 Å². The molecule has 0 fully saturated rings. The van der Waals surface area contributed by atoms with Crippen LogP contribution in [0.4, 0.5) is 31.9 Å². The van der Waals surface area contributed by atoms with E-state index in [0.29, 0.717) is 5.82 Å². The van der Waals surface area contributed by atoms with Crippen molar-refractivity contribution in [3.8, 4) is 0 Å². The number of nitrogens with one attached hydrogen (secondary N) is 2. The van der Waals surface area contributed by atoms with Crippen molar-refractivity contribution < 1.29 is 8.78 Å². The van der Waals surface area contributed by atoms with Gasteiger partial charge in [0.25, 0.3) is 0 Å². The molecule has 0 radical (unpaired) electrons. The number of rotatable bonds is 4. The molecule has 5 nitrogen and oxygen atoms in total. The van der Waals surface area contributed by atoms with Gasteiger partial charge in [0.05, 0.1) is 17.6 Å². The molecule has 0 bridgehead atoms. The van der Waals surface area contributed by atoms with Crippen LogP contribution in [0.15, 0.2) is 53.1 Å². The van der Waals surface area contributed by atoms with Gasteiger partial charge in [-0.3, -0.25) is 0 Å². The molecule has 3 rings (SSSR count). The van der Waals surface area contributed by atoms with Crippen LogP contribution in [0.1, 0.15) is 0 Å². The second kappa shape index (κ2) is 6.66. The maximum absolute atomic E-state index is 13.6. The Hall–Kier alpha value is -2.61. The predicted molar refractivity (Wildman–Crippen MR) is 86.9 cm³/mol. The molecule has 0 aliphatic carbocycles. The van der Waals surface area contributed by atoms with Gasteiger partial charge in [0.15, 0.2) is 5.82 Å². The van der Waals surface area contributed by atoms with Gasteiger partial charge in [-0.05, 0) is 40.2 Å². The summed E-state index contributed by atoms with van der Waals surface area (Å²) in [6.07, 6.45) is 1.44. The highest BCUT2D eigenvalue weighted by Gasteiger charge is 2.07. The van der Waals surface area contributed by atoms with Crippen LogP contribution in [0, 0.1) is 11.6 Å². The van der Waals surface area contributed by atoms with E-state index < -0.39 is 11.6 Å². The summed E-state index contributed by atoms with van der Waals surface area (Å²) in [5.74, 6) is -0.876. The summed E-state index contributed by atoms with van der Waals surface area (Å²) in [7, 11) is 0. The Labute approximate surface area is 138 Å². The molecule has 3 aromatic rings. The highest BCUT2D eigenvalue weighted by atomic mass is 79.9. The second-order valence-corrected chi connectivity index (χ2v) is 5.37. The molecule has 2 N–H and O–H groups in total. The van der Waals surface area contributed by atoms with Gasteiger partial charge in [-0.2, -0.15) is 10.1 Å². The first-order chi connectivity index (χ1) is 11.1. The Morgan fingerprint density at radius 3 is 2.57 bits per heavy atom. The highest BCUT2D eigenvalue weighted by Crippen LogP contribution is 2.25. The van der Waals surface area contributed by atoms with E-state index in [1.54, 1.807) is 0 Å². The predicted octanol–water partition coefficient (Wildman–Crippen LogP) is 4.40. The van der Waals surface area contributed by atoms with Gasteiger partial charge in [0, 0.05) is 10.5 Å². The number of nitrogens with zero attached hydrogens (tertiary/aromatic N) is 3. The lowest BCUT2D eigenvalue weighted by Crippen LogP contribution is -2.03. The van der Waals surface area contributed by atoms with E-state index in [4.69, 9.17) is 0 Å². The van der Waals surface area contributed by atoms with Crippen molar-refractivity contribution >= 4 is 39.1 Å². The van der Waals surface area contributed by atoms with Crippen molar-refractivity contribution in [2.24, 2.45) is 0 Å². The fraction of sp³-hybridized carbons (Fsp3) is 0. The van der Waals surface area contributed by atoms with Crippen molar-refractivity contribution in [1.82, 2.24) is 15.2 Å². The zero-order valence-corrected chi connectivity index (χ0v) is 13.2. The minimum absolute atomic E-state index is 0.0613. The molecule has 0 unspecified atom stereocenters. The van der Waals surface area contributed by atoms with Crippen molar-refractivity contribution in [3.63, 3.8) is 0 Å². The monoisotopic (exact) mass is 377 g/mol. The first-order valence-electron chi connectivity index (χ1n) is 6.55. The maximum atomic E-state index is 13.6. The third-order valence-corrected chi connectivity index (χ3v) is 3.56. The first kappa shape index (κ1) is 15.3. The summed E-state index contributed by atoms with van der Waals surface area (Å²) in [4.78, 5) is 4.19. The molecule has 8 heteroatoms. The Kier molecular flexibility index (Phi) is 4.42. The molecule has 0 amide bonds. The molecular formula is C15H10BrF2N5. The second-order valence-electron chi connectivity index (χ2n) is 4.52. The summed E-state index contributed by atoms with van der Waals surface area (Å²) in [6, 6.07) is 10.7. The van der Waals surface area contributed by atoms with Crippen molar-refractivity contribution in [2.75, 3.05) is 10.6 Å². The normalized spacial score (nSPS) is 10.4. The van der Waals surface area contributed by atoms with Gasteiger partial charge < -0.3 is 10.6 Å². The van der Waals surface area contributed by atoms with Gasteiger partial charge in [-0.15, -0.1) is 5.10 Å². The summed E-state index contributed by atoms with van der Waals surface area (Å²) < 4.78 is 27.4. The lowest BCUT2D eigenvalue weighted by Gasteiger charge is -2.09. The lowest BCUT2D eigenvalue weighted by atomic mass is 10.3. The molecule has 2 aromatic carbocycles. The van der Waals surface area contributed by atoms with E-state index in [0.717, 1.165) is 22.3 Å². The van der Waals surface area contributed by atoms with Crippen LogP contribution in [-0.2, 0) is 0 Å². The van der Waals surface area contributed by atoms with Crippen molar-refractivity contribution in [2.45, 2.75) is 0 Å². The average Bonchev–Trinajstić information content (AvgIpc) is 2.53. The van der Waals surface area contributed by atoms with Crippen LogP contribution in [-0.4, -0.2) is 15.2 Å². The SMILES string of the molecule is Fc1ccc(Nc2nncc(Nc3ccccc3Br)n2)c(F)c1. The van der Waals surface area contributed by atoms with E-state index in [2.05, 4.69) is 41.7 Å². The van der Waals surface area contributed by atoms with Gasteiger partial charge >= 0.3 is 0 Å². The number of hydrogen-bond acceptors (Lipinski definition) is 5. The number of benzene rings is 2. The molecule has 1 heterocycles. The Morgan fingerprint density at radius 1 is 0.957 bits per heavy atom. The van der Waals surface area contributed by atoms with E-state index >= 15 is 0 Å². The number of anilines is 4. The van der Waals surface area contributed by atoms with Gasteiger partial charge in [0.1, 0.15) is 11.6 Å². The summed E-state index contributed by atoms with van der Waals surface area (Å²) >= 11 is 3.42. The van der Waals surface area contributed by atoms with Crippen LogP contribution in [0.2, 0.25) is 0 Å². The molecule has 0 saturated heterocycles. The quantitative estimate of drug-likeness (QED) is 0.705. The van der Waals surface area contributed by atoms with E-state index in [9.17, 15) is 8.78 Å². The van der Waals surface area contributed by atoms with Crippen LogP contribution >= 0.6 is 15.9 Å². The molecule has 116 valence electrons. The smallest absolute Gasteiger partial charge is 0.249 e. The Balaban J connectivity index is 1.81. The molecular weight excluding hydrogens is 368 g/mol. The lowest BCUT2D eigenvalue weighted by molar-refractivity contribution is 0.586. The van der Waals surface area contributed by atoms with Gasteiger partial charge in [-0.1, -0.05) is 12.1 Å². The molecule has 0 aliphatic rings. The third-order valence-electron chi connectivity index (χ3n) is 2.87. The number of hydrogen-bond donors (Lipinski definition) is 2.